The maximum absolute atomic E-state index is 5.35. The van der Waals surface area contributed by atoms with E-state index in [2.05, 4.69) is 34.4 Å². The van der Waals surface area contributed by atoms with Crippen LogP contribution in [-0.2, 0) is 19.6 Å². The Labute approximate surface area is 130 Å². The first-order valence-corrected chi connectivity index (χ1v) is 7.35. The summed E-state index contributed by atoms with van der Waals surface area (Å²) >= 11 is 0. The predicted molar refractivity (Wildman–Crippen MR) is 84.2 cm³/mol. The molecule has 1 aromatic carbocycles. The third-order valence-corrected chi connectivity index (χ3v) is 3.71. The van der Waals surface area contributed by atoms with Crippen molar-refractivity contribution >= 4 is 0 Å². The lowest BCUT2D eigenvalue weighted by Crippen LogP contribution is -2.20. The van der Waals surface area contributed by atoms with E-state index in [4.69, 9.17) is 4.42 Å². The van der Waals surface area contributed by atoms with Crippen LogP contribution in [0.2, 0.25) is 0 Å². The van der Waals surface area contributed by atoms with Gasteiger partial charge in [-0.15, -0.1) is 5.10 Å². The van der Waals surface area contributed by atoms with E-state index < -0.39 is 0 Å². The molecule has 0 saturated carbocycles. The first-order valence-electron chi connectivity index (χ1n) is 7.35. The fraction of sp³-hybridized carbons (Fsp3) is 0.294. The van der Waals surface area contributed by atoms with Gasteiger partial charge >= 0.3 is 0 Å². The molecule has 0 aliphatic carbocycles. The second-order valence-electron chi connectivity index (χ2n) is 5.54. The number of aryl methyl sites for hydroxylation is 1. The van der Waals surface area contributed by atoms with Crippen molar-refractivity contribution in [1.82, 2.24) is 19.9 Å². The summed E-state index contributed by atoms with van der Waals surface area (Å²) in [6.45, 7) is 4.38. The average molecular weight is 296 g/mol. The number of furan rings is 1. The molecule has 0 saturated heterocycles. The Morgan fingerprint density at radius 2 is 1.95 bits per heavy atom. The molecule has 3 aromatic rings. The van der Waals surface area contributed by atoms with Crippen LogP contribution in [0.25, 0.3) is 0 Å². The second-order valence-corrected chi connectivity index (χ2v) is 5.54. The van der Waals surface area contributed by atoms with Gasteiger partial charge in [-0.1, -0.05) is 35.5 Å². The van der Waals surface area contributed by atoms with Crippen molar-refractivity contribution in [2.24, 2.45) is 0 Å². The van der Waals surface area contributed by atoms with E-state index in [1.165, 1.54) is 11.1 Å². The lowest BCUT2D eigenvalue weighted by molar-refractivity contribution is 0.305. The van der Waals surface area contributed by atoms with Gasteiger partial charge in [0, 0.05) is 18.7 Å². The van der Waals surface area contributed by atoms with Crippen LogP contribution in [0.3, 0.4) is 0 Å². The van der Waals surface area contributed by atoms with Gasteiger partial charge in [0.1, 0.15) is 5.76 Å². The van der Waals surface area contributed by atoms with Crippen molar-refractivity contribution in [3.63, 3.8) is 0 Å². The fourth-order valence-electron chi connectivity index (χ4n) is 2.49. The highest BCUT2D eigenvalue weighted by Crippen LogP contribution is 2.13. The lowest BCUT2D eigenvalue weighted by Gasteiger charge is -2.16. The van der Waals surface area contributed by atoms with Gasteiger partial charge in [0.2, 0.25) is 0 Å². The van der Waals surface area contributed by atoms with E-state index in [0.717, 1.165) is 31.1 Å². The number of hydrogen-bond acceptors (Lipinski definition) is 4. The standard InChI is InChI=1S/C17H20N4O/c1-14-16(8-9-22-14)12-20(2)13-17-10-18-19-21(17)11-15-6-4-3-5-7-15/h3-10H,11-13H2,1-2H3. The van der Waals surface area contributed by atoms with E-state index in [9.17, 15) is 0 Å². The molecule has 2 heterocycles. The predicted octanol–water partition coefficient (Wildman–Crippen LogP) is 2.86. The van der Waals surface area contributed by atoms with Gasteiger partial charge in [0.25, 0.3) is 0 Å². The number of benzene rings is 1. The molecule has 114 valence electrons. The normalized spacial score (nSPS) is 11.2. The van der Waals surface area contributed by atoms with Gasteiger partial charge in [0.15, 0.2) is 0 Å². The monoisotopic (exact) mass is 296 g/mol. The molecule has 5 nitrogen and oxygen atoms in total. The van der Waals surface area contributed by atoms with Crippen LogP contribution in [0.4, 0.5) is 0 Å². The molecule has 0 fully saturated rings. The summed E-state index contributed by atoms with van der Waals surface area (Å²) in [5.41, 5.74) is 3.54. The average Bonchev–Trinajstić information content (AvgIpc) is 3.10. The Hall–Kier alpha value is -2.40. The van der Waals surface area contributed by atoms with Crippen molar-refractivity contribution in [2.45, 2.75) is 26.6 Å². The summed E-state index contributed by atoms with van der Waals surface area (Å²) in [4.78, 5) is 2.23. The minimum Gasteiger partial charge on any atom is -0.469 e. The van der Waals surface area contributed by atoms with Gasteiger partial charge in [-0.05, 0) is 25.6 Å². The van der Waals surface area contributed by atoms with E-state index in [0.29, 0.717) is 0 Å². The van der Waals surface area contributed by atoms with Gasteiger partial charge in [-0.2, -0.15) is 0 Å². The summed E-state index contributed by atoms with van der Waals surface area (Å²) in [5.74, 6) is 0.975. The minimum atomic E-state index is 0.745. The third kappa shape index (κ3) is 3.43. The zero-order chi connectivity index (χ0) is 15.4. The number of nitrogens with zero attached hydrogens (tertiary/aromatic N) is 4. The van der Waals surface area contributed by atoms with Crippen molar-refractivity contribution in [3.05, 3.63) is 71.4 Å². The SMILES string of the molecule is Cc1occc1CN(C)Cc1cnnn1Cc1ccccc1. The summed E-state index contributed by atoms with van der Waals surface area (Å²) in [6, 6.07) is 12.3. The molecule has 0 atom stereocenters. The van der Waals surface area contributed by atoms with E-state index in [1.54, 1.807) is 6.26 Å². The number of hydrogen-bond donors (Lipinski definition) is 0. The van der Waals surface area contributed by atoms with Crippen molar-refractivity contribution in [2.75, 3.05) is 7.05 Å². The second kappa shape index (κ2) is 6.58. The fourth-order valence-corrected chi connectivity index (χ4v) is 2.49. The van der Waals surface area contributed by atoms with Gasteiger partial charge in [0.05, 0.1) is 24.7 Å². The van der Waals surface area contributed by atoms with Crippen LogP contribution >= 0.6 is 0 Å². The Morgan fingerprint density at radius 1 is 1.14 bits per heavy atom. The maximum atomic E-state index is 5.35. The molecule has 0 bridgehead atoms. The van der Waals surface area contributed by atoms with Crippen LogP contribution in [-0.4, -0.2) is 26.9 Å². The largest absolute Gasteiger partial charge is 0.469 e. The highest BCUT2D eigenvalue weighted by Gasteiger charge is 2.10. The van der Waals surface area contributed by atoms with Crippen LogP contribution in [0, 0.1) is 6.92 Å². The summed E-state index contributed by atoms with van der Waals surface area (Å²) in [5, 5.41) is 8.25. The van der Waals surface area contributed by atoms with Crippen molar-refractivity contribution in [3.8, 4) is 0 Å². The van der Waals surface area contributed by atoms with Gasteiger partial charge in [-0.25, -0.2) is 4.68 Å². The van der Waals surface area contributed by atoms with E-state index in [1.807, 2.05) is 42.1 Å². The van der Waals surface area contributed by atoms with Gasteiger partial charge in [-0.3, -0.25) is 4.90 Å². The first kappa shape index (κ1) is 14.5. The Morgan fingerprint density at radius 3 is 2.68 bits per heavy atom. The molecule has 0 aliphatic heterocycles. The minimum absolute atomic E-state index is 0.745. The highest BCUT2D eigenvalue weighted by molar-refractivity contribution is 5.16. The van der Waals surface area contributed by atoms with Crippen molar-refractivity contribution in [1.29, 1.82) is 0 Å². The lowest BCUT2D eigenvalue weighted by atomic mass is 10.2. The van der Waals surface area contributed by atoms with E-state index >= 15 is 0 Å². The zero-order valence-corrected chi connectivity index (χ0v) is 12.9. The summed E-state index contributed by atoms with van der Waals surface area (Å²) in [7, 11) is 2.09. The Kier molecular flexibility index (Phi) is 4.34. The molecular formula is C17H20N4O. The molecule has 3 rings (SSSR count). The molecule has 22 heavy (non-hydrogen) atoms. The summed E-state index contributed by atoms with van der Waals surface area (Å²) in [6.07, 6.45) is 3.57. The molecule has 0 unspecified atom stereocenters. The molecule has 5 heteroatoms. The molecule has 0 spiro atoms. The number of rotatable bonds is 6. The van der Waals surface area contributed by atoms with Crippen LogP contribution in [0.15, 0.2) is 53.3 Å². The Balaban J connectivity index is 1.66. The van der Waals surface area contributed by atoms with Crippen molar-refractivity contribution < 1.29 is 4.42 Å². The van der Waals surface area contributed by atoms with Crippen LogP contribution < -0.4 is 0 Å². The topological polar surface area (TPSA) is 47.1 Å². The Bertz CT molecular complexity index is 717. The molecular weight excluding hydrogens is 276 g/mol. The molecule has 2 aromatic heterocycles. The smallest absolute Gasteiger partial charge is 0.105 e. The van der Waals surface area contributed by atoms with Gasteiger partial charge < -0.3 is 4.42 Å². The quantitative estimate of drug-likeness (QED) is 0.702. The molecule has 0 amide bonds. The number of aromatic nitrogens is 3. The third-order valence-electron chi connectivity index (χ3n) is 3.71. The first-order chi connectivity index (χ1) is 10.7. The zero-order valence-electron chi connectivity index (χ0n) is 12.9. The van der Waals surface area contributed by atoms with E-state index in [-0.39, 0.29) is 0 Å². The van der Waals surface area contributed by atoms with Crippen LogP contribution in [0.5, 0.6) is 0 Å². The molecule has 0 aliphatic rings. The van der Waals surface area contributed by atoms with Crippen LogP contribution in [0.1, 0.15) is 22.6 Å². The summed E-state index contributed by atoms with van der Waals surface area (Å²) < 4.78 is 7.30. The maximum Gasteiger partial charge on any atom is 0.105 e. The molecule has 0 N–H and O–H groups in total. The highest BCUT2D eigenvalue weighted by atomic mass is 16.3. The molecule has 0 radical (unpaired) electrons.